The fourth-order valence-corrected chi connectivity index (χ4v) is 2.99. The molecule has 0 radical (unpaired) electrons. The molecule has 1 aromatic heterocycles. The number of ether oxygens (including phenoxy) is 2. The second-order valence-corrected chi connectivity index (χ2v) is 6.06. The summed E-state index contributed by atoms with van der Waals surface area (Å²) in [5.74, 6) is 1.24. The van der Waals surface area contributed by atoms with E-state index in [0.29, 0.717) is 30.4 Å². The van der Waals surface area contributed by atoms with Crippen molar-refractivity contribution in [3.05, 3.63) is 36.5 Å². The van der Waals surface area contributed by atoms with Gasteiger partial charge in [0.1, 0.15) is 19.0 Å². The summed E-state index contributed by atoms with van der Waals surface area (Å²) in [5, 5.41) is 0. The highest BCUT2D eigenvalue weighted by Crippen LogP contribution is 2.33. The normalized spacial score (nSPS) is 13.7. The molecule has 8 heteroatoms. The molecule has 110 valence electrons. The smallest absolute Gasteiger partial charge is 0.262 e. The van der Waals surface area contributed by atoms with E-state index in [1.807, 2.05) is 0 Å². The van der Waals surface area contributed by atoms with Gasteiger partial charge in [0.25, 0.3) is 10.0 Å². The van der Waals surface area contributed by atoms with Gasteiger partial charge in [-0.2, -0.15) is 0 Å². The van der Waals surface area contributed by atoms with Crippen LogP contribution in [0.2, 0.25) is 0 Å². The number of nitrogens with zero attached hydrogens (tertiary/aromatic N) is 1. The average molecular weight is 307 g/mol. The number of fused-ring (bicyclic) bond motifs is 1. The first-order valence-electron chi connectivity index (χ1n) is 6.19. The Bertz CT molecular complexity index is 777. The van der Waals surface area contributed by atoms with E-state index in [-0.39, 0.29) is 10.7 Å². The molecule has 0 saturated carbocycles. The molecule has 2 heterocycles. The van der Waals surface area contributed by atoms with Crippen molar-refractivity contribution in [1.82, 2.24) is 4.98 Å². The highest BCUT2D eigenvalue weighted by molar-refractivity contribution is 7.92. The Morgan fingerprint density at radius 3 is 2.62 bits per heavy atom. The third-order valence-electron chi connectivity index (χ3n) is 2.86. The van der Waals surface area contributed by atoms with Crippen molar-refractivity contribution in [3.8, 4) is 11.5 Å². The van der Waals surface area contributed by atoms with E-state index in [4.69, 9.17) is 15.2 Å². The van der Waals surface area contributed by atoms with Crippen LogP contribution in [0.5, 0.6) is 11.5 Å². The zero-order valence-electron chi connectivity index (χ0n) is 10.9. The summed E-state index contributed by atoms with van der Waals surface area (Å²) in [5.41, 5.74) is 5.88. The van der Waals surface area contributed by atoms with Crippen molar-refractivity contribution < 1.29 is 17.9 Å². The fraction of sp³-hybridized carbons (Fsp3) is 0.154. The molecule has 0 unspecified atom stereocenters. The highest BCUT2D eigenvalue weighted by Gasteiger charge is 2.17. The summed E-state index contributed by atoms with van der Waals surface area (Å²) in [7, 11) is -3.73. The molecule has 0 aliphatic carbocycles. The van der Waals surface area contributed by atoms with Gasteiger partial charge in [0.15, 0.2) is 11.5 Å². The number of nitrogen functional groups attached to an aromatic ring is 1. The maximum absolute atomic E-state index is 12.3. The molecule has 0 bridgehead atoms. The molecule has 3 N–H and O–H groups in total. The quantitative estimate of drug-likeness (QED) is 0.884. The first kappa shape index (κ1) is 13.5. The van der Waals surface area contributed by atoms with Gasteiger partial charge in [-0.05, 0) is 18.2 Å². The topological polar surface area (TPSA) is 104 Å². The van der Waals surface area contributed by atoms with Gasteiger partial charge < -0.3 is 15.2 Å². The van der Waals surface area contributed by atoms with Gasteiger partial charge in [0, 0.05) is 18.3 Å². The summed E-state index contributed by atoms with van der Waals surface area (Å²) in [6.07, 6.45) is 1.34. The monoisotopic (exact) mass is 307 g/mol. The number of rotatable bonds is 3. The summed E-state index contributed by atoms with van der Waals surface area (Å²) in [4.78, 5) is 3.81. The van der Waals surface area contributed by atoms with Crippen molar-refractivity contribution in [2.45, 2.75) is 4.90 Å². The number of sulfonamides is 1. The van der Waals surface area contributed by atoms with Crippen LogP contribution in [0, 0.1) is 0 Å². The molecule has 0 saturated heterocycles. The minimum Gasteiger partial charge on any atom is -0.486 e. The van der Waals surface area contributed by atoms with Gasteiger partial charge in [-0.3, -0.25) is 4.72 Å². The Hall–Kier alpha value is -2.48. The molecule has 21 heavy (non-hydrogen) atoms. The third kappa shape index (κ3) is 2.84. The van der Waals surface area contributed by atoms with E-state index in [1.54, 1.807) is 18.2 Å². The van der Waals surface area contributed by atoms with Crippen LogP contribution in [0.4, 0.5) is 11.5 Å². The van der Waals surface area contributed by atoms with E-state index in [0.717, 1.165) is 0 Å². The molecule has 1 aliphatic heterocycles. The summed E-state index contributed by atoms with van der Waals surface area (Å²) in [6, 6.07) is 7.51. The Labute approximate surface area is 121 Å². The lowest BCUT2D eigenvalue weighted by molar-refractivity contribution is 0.171. The standard InChI is InChI=1S/C13H13N3O4S/c14-13-8-10(3-4-15-13)21(17,18)16-9-1-2-11-12(7-9)20-6-5-19-11/h1-4,7-8,16H,5-6H2,(H2,14,15). The van der Waals surface area contributed by atoms with Crippen LogP contribution in [0.1, 0.15) is 0 Å². The minimum absolute atomic E-state index is 0.0462. The Kier molecular flexibility index (Phi) is 3.30. The van der Waals surface area contributed by atoms with Gasteiger partial charge in [0.05, 0.1) is 10.6 Å². The summed E-state index contributed by atoms with van der Waals surface area (Å²) in [6.45, 7) is 0.915. The zero-order chi connectivity index (χ0) is 14.9. The Morgan fingerprint density at radius 2 is 1.86 bits per heavy atom. The van der Waals surface area contributed by atoms with Crippen LogP contribution < -0.4 is 19.9 Å². The number of pyridine rings is 1. The number of hydrogen-bond donors (Lipinski definition) is 2. The van der Waals surface area contributed by atoms with Crippen LogP contribution in [-0.2, 0) is 10.0 Å². The second kappa shape index (κ2) is 5.13. The van der Waals surface area contributed by atoms with Gasteiger partial charge in [-0.15, -0.1) is 0 Å². The predicted molar refractivity (Wildman–Crippen MR) is 76.9 cm³/mol. The number of aromatic nitrogens is 1. The van der Waals surface area contributed by atoms with Crippen LogP contribution in [0.3, 0.4) is 0 Å². The van der Waals surface area contributed by atoms with E-state index in [9.17, 15) is 8.42 Å². The Morgan fingerprint density at radius 1 is 1.10 bits per heavy atom. The maximum atomic E-state index is 12.3. The molecule has 0 atom stereocenters. The van der Waals surface area contributed by atoms with E-state index in [2.05, 4.69) is 9.71 Å². The Balaban J connectivity index is 1.89. The van der Waals surface area contributed by atoms with Gasteiger partial charge in [-0.25, -0.2) is 13.4 Å². The van der Waals surface area contributed by atoms with Crippen molar-refractivity contribution in [2.75, 3.05) is 23.7 Å². The number of hydrogen-bond acceptors (Lipinski definition) is 6. The second-order valence-electron chi connectivity index (χ2n) is 4.38. The van der Waals surface area contributed by atoms with Crippen molar-refractivity contribution >= 4 is 21.5 Å². The minimum atomic E-state index is -3.73. The lowest BCUT2D eigenvalue weighted by Crippen LogP contribution is -2.17. The van der Waals surface area contributed by atoms with Crippen LogP contribution in [0.25, 0.3) is 0 Å². The number of nitrogens with one attached hydrogen (secondary N) is 1. The SMILES string of the molecule is Nc1cc(S(=O)(=O)Nc2ccc3c(c2)OCCO3)ccn1. The van der Waals surface area contributed by atoms with E-state index >= 15 is 0 Å². The summed E-state index contributed by atoms with van der Waals surface area (Å²) < 4.78 is 37.8. The molecular weight excluding hydrogens is 294 g/mol. The largest absolute Gasteiger partial charge is 0.486 e. The number of benzene rings is 1. The first-order valence-corrected chi connectivity index (χ1v) is 7.67. The lowest BCUT2D eigenvalue weighted by Gasteiger charge is -2.19. The van der Waals surface area contributed by atoms with Crippen molar-refractivity contribution in [1.29, 1.82) is 0 Å². The maximum Gasteiger partial charge on any atom is 0.262 e. The van der Waals surface area contributed by atoms with Gasteiger partial charge >= 0.3 is 0 Å². The molecule has 3 rings (SSSR count). The summed E-state index contributed by atoms with van der Waals surface area (Å²) >= 11 is 0. The van der Waals surface area contributed by atoms with E-state index in [1.165, 1.54) is 18.3 Å². The third-order valence-corrected chi connectivity index (χ3v) is 4.24. The van der Waals surface area contributed by atoms with Gasteiger partial charge in [-0.1, -0.05) is 0 Å². The number of anilines is 2. The zero-order valence-corrected chi connectivity index (χ0v) is 11.8. The van der Waals surface area contributed by atoms with E-state index < -0.39 is 10.0 Å². The molecular formula is C13H13N3O4S. The molecule has 0 amide bonds. The molecule has 2 aromatic rings. The molecule has 0 fully saturated rings. The van der Waals surface area contributed by atoms with Crippen LogP contribution in [-0.4, -0.2) is 26.6 Å². The molecule has 7 nitrogen and oxygen atoms in total. The fourth-order valence-electron chi connectivity index (χ4n) is 1.92. The van der Waals surface area contributed by atoms with Crippen LogP contribution in [0.15, 0.2) is 41.4 Å². The molecule has 1 aromatic carbocycles. The average Bonchev–Trinajstić information content (AvgIpc) is 2.47. The lowest BCUT2D eigenvalue weighted by atomic mass is 10.3. The van der Waals surface area contributed by atoms with Crippen molar-refractivity contribution in [2.24, 2.45) is 0 Å². The van der Waals surface area contributed by atoms with Crippen molar-refractivity contribution in [3.63, 3.8) is 0 Å². The highest BCUT2D eigenvalue weighted by atomic mass is 32.2. The molecule has 0 spiro atoms. The first-order chi connectivity index (χ1) is 10.0. The van der Waals surface area contributed by atoms with Gasteiger partial charge in [0.2, 0.25) is 0 Å². The predicted octanol–water partition coefficient (Wildman–Crippen LogP) is 1.24. The van der Waals surface area contributed by atoms with Crippen LogP contribution >= 0.6 is 0 Å². The number of nitrogens with two attached hydrogens (primary N) is 1. The molecule has 1 aliphatic rings.